The van der Waals surface area contributed by atoms with E-state index >= 15 is 0 Å². The second-order valence-corrected chi connectivity index (χ2v) is 12.0. The van der Waals surface area contributed by atoms with Gasteiger partial charge in [-0.2, -0.15) is 16.9 Å². The molecule has 0 bridgehead atoms. The molecule has 0 N–H and O–H groups in total. The molecule has 0 radical (unpaired) electrons. The van der Waals surface area contributed by atoms with E-state index in [0.717, 1.165) is 46.6 Å². The molecule has 5 rings (SSSR count). The smallest absolute Gasteiger partial charge is 0.362 e. The number of thioether (sulfide) groups is 1. The summed E-state index contributed by atoms with van der Waals surface area (Å²) in [5.74, 6) is 1.16. The molecule has 236 valence electrons. The summed E-state index contributed by atoms with van der Waals surface area (Å²) in [7, 11) is 0. The highest BCUT2D eigenvalue weighted by Crippen LogP contribution is 2.25. The lowest BCUT2D eigenvalue weighted by Gasteiger charge is -2.22. The minimum Gasteiger partial charge on any atom is -0.461 e. The Morgan fingerprint density at radius 2 is 1.44 bits per heavy atom. The third-order valence-electron chi connectivity index (χ3n) is 7.42. The van der Waals surface area contributed by atoms with Crippen molar-refractivity contribution >= 4 is 40.8 Å². The van der Waals surface area contributed by atoms with Crippen molar-refractivity contribution in [3.63, 3.8) is 0 Å². The number of benzene rings is 2. The summed E-state index contributed by atoms with van der Waals surface area (Å²) < 4.78 is 11.6. The van der Waals surface area contributed by atoms with Crippen LogP contribution in [0.15, 0.2) is 70.6 Å². The zero-order chi connectivity index (χ0) is 32.3. The second kappa shape index (κ2) is 16.1. The number of esters is 2. The van der Waals surface area contributed by atoms with Gasteiger partial charge in [0, 0.05) is 23.9 Å². The minimum absolute atomic E-state index is 0.111. The maximum Gasteiger partial charge on any atom is 0.362 e. The van der Waals surface area contributed by atoms with Crippen molar-refractivity contribution in [2.45, 2.75) is 47.1 Å². The lowest BCUT2D eigenvalue weighted by molar-refractivity contribution is -0.135. The first-order chi connectivity index (χ1) is 21.7. The largest absolute Gasteiger partial charge is 0.461 e. The Bertz CT molecular complexity index is 1640. The van der Waals surface area contributed by atoms with Crippen LogP contribution >= 0.6 is 11.8 Å². The standard InChI is InChI=1S/C20H24N2O3S.C15H15NO3/c1-3-25-20(24)18-19(23)17(16-6-4-14(2)5-7-16)13-22(21-18)12-15-8-10-26-11-9-15;1-3-19-15(18)13-14(17)12(8-9-16-13)11-6-4-10(2)5-7-11/h4-7,13,15H,3,8-12H2,1-2H3;4-8H,3,9H2,1-2H3. The third-order valence-corrected chi connectivity index (χ3v) is 8.47. The maximum atomic E-state index is 12.8. The van der Waals surface area contributed by atoms with E-state index in [0.29, 0.717) is 30.1 Å². The van der Waals surface area contributed by atoms with Crippen molar-refractivity contribution in [3.8, 4) is 11.1 Å². The quantitative estimate of drug-likeness (QED) is 0.300. The Labute approximate surface area is 267 Å². The SMILES string of the molecule is CCOC(=O)C1=NCC=C(c2ccc(C)cc2)C1=O.CCOC(=O)c1nn(CC2CCSCC2)cc(-c2ccc(C)cc2)c1=O. The number of allylic oxidation sites excluding steroid dienone is 1. The van der Waals surface area contributed by atoms with Crippen LogP contribution in [0.4, 0.5) is 0 Å². The predicted octanol–water partition coefficient (Wildman–Crippen LogP) is 5.50. The number of aromatic nitrogens is 2. The first kappa shape index (κ1) is 33.6. The van der Waals surface area contributed by atoms with Crippen LogP contribution in [0.5, 0.6) is 0 Å². The van der Waals surface area contributed by atoms with Crippen LogP contribution in [0.25, 0.3) is 16.7 Å². The number of hydrogen-bond donors (Lipinski definition) is 0. The Morgan fingerprint density at radius 3 is 2.04 bits per heavy atom. The van der Waals surface area contributed by atoms with Crippen molar-refractivity contribution in [2.24, 2.45) is 10.9 Å². The van der Waals surface area contributed by atoms with Crippen LogP contribution in [0.1, 0.15) is 53.9 Å². The summed E-state index contributed by atoms with van der Waals surface area (Å²) in [6, 6.07) is 15.3. The lowest BCUT2D eigenvalue weighted by atomic mass is 9.96. The van der Waals surface area contributed by atoms with Gasteiger partial charge in [0.1, 0.15) is 0 Å². The van der Waals surface area contributed by atoms with E-state index in [4.69, 9.17) is 9.47 Å². The molecule has 3 heterocycles. The molecule has 3 aromatic rings. The molecule has 10 heteroatoms. The highest BCUT2D eigenvalue weighted by Gasteiger charge is 2.28. The number of carbonyl (C=O) groups excluding carboxylic acids is 3. The van der Waals surface area contributed by atoms with Gasteiger partial charge in [-0.15, -0.1) is 0 Å². The molecule has 0 saturated carbocycles. The first-order valence-electron chi connectivity index (χ1n) is 15.2. The van der Waals surface area contributed by atoms with Gasteiger partial charge in [-0.3, -0.25) is 19.3 Å². The molecular formula is C35H39N3O6S. The predicted molar refractivity (Wildman–Crippen MR) is 178 cm³/mol. The van der Waals surface area contributed by atoms with Crippen LogP contribution in [0.2, 0.25) is 0 Å². The molecule has 0 atom stereocenters. The number of Topliss-reactive ketones (excluding diaryl/α,β-unsaturated/α-hetero) is 1. The molecule has 2 aliphatic rings. The van der Waals surface area contributed by atoms with Gasteiger partial charge in [0.15, 0.2) is 5.71 Å². The van der Waals surface area contributed by atoms with E-state index in [1.807, 2.05) is 74.1 Å². The topological polar surface area (TPSA) is 117 Å². The number of ketones is 1. The van der Waals surface area contributed by atoms with Crippen LogP contribution in [0.3, 0.4) is 0 Å². The van der Waals surface area contributed by atoms with Crippen LogP contribution < -0.4 is 5.43 Å². The van der Waals surface area contributed by atoms with Crippen molar-refractivity contribution in [1.29, 1.82) is 0 Å². The van der Waals surface area contributed by atoms with Crippen molar-refractivity contribution in [3.05, 3.63) is 93.4 Å². The summed E-state index contributed by atoms with van der Waals surface area (Å²) in [5, 5.41) is 4.31. The molecule has 0 amide bonds. The molecular weight excluding hydrogens is 590 g/mol. The number of carbonyl (C=O) groups is 3. The van der Waals surface area contributed by atoms with Crippen LogP contribution in [0, 0.1) is 19.8 Å². The zero-order valence-corrected chi connectivity index (χ0v) is 27.0. The highest BCUT2D eigenvalue weighted by atomic mass is 32.2. The molecule has 0 unspecified atom stereocenters. The van der Waals surface area contributed by atoms with Crippen molar-refractivity contribution in [1.82, 2.24) is 9.78 Å². The second-order valence-electron chi connectivity index (χ2n) is 10.8. The molecule has 1 fully saturated rings. The zero-order valence-electron chi connectivity index (χ0n) is 26.2. The number of aliphatic imine (C=N–C) groups is 1. The van der Waals surface area contributed by atoms with Gasteiger partial charge >= 0.3 is 11.9 Å². The number of dihydropyridines is 1. The fraction of sp³-hybridized carbons (Fsp3) is 0.371. The fourth-order valence-corrected chi connectivity index (χ4v) is 6.16. The van der Waals surface area contributed by atoms with Gasteiger partial charge in [-0.25, -0.2) is 9.59 Å². The molecule has 0 spiro atoms. The van der Waals surface area contributed by atoms with Crippen molar-refractivity contribution in [2.75, 3.05) is 31.3 Å². The maximum absolute atomic E-state index is 12.8. The first-order valence-corrected chi connectivity index (χ1v) is 16.3. The number of ether oxygens (including phenoxy) is 2. The average molecular weight is 630 g/mol. The molecule has 2 aliphatic heterocycles. The van der Waals surface area contributed by atoms with Gasteiger partial charge in [0.2, 0.25) is 16.9 Å². The third kappa shape index (κ3) is 8.88. The van der Waals surface area contributed by atoms with Gasteiger partial charge < -0.3 is 9.47 Å². The molecule has 1 saturated heterocycles. The van der Waals surface area contributed by atoms with Crippen LogP contribution in [-0.4, -0.2) is 64.5 Å². The molecule has 9 nitrogen and oxygen atoms in total. The Balaban J connectivity index is 0.000000215. The minimum atomic E-state index is -0.653. The summed E-state index contributed by atoms with van der Waals surface area (Å²) in [4.78, 5) is 52.9. The van der Waals surface area contributed by atoms with E-state index in [2.05, 4.69) is 10.1 Å². The van der Waals surface area contributed by atoms with Gasteiger partial charge in [-0.05, 0) is 69.1 Å². The van der Waals surface area contributed by atoms with Gasteiger partial charge in [0.25, 0.3) is 0 Å². The van der Waals surface area contributed by atoms with Crippen molar-refractivity contribution < 1.29 is 23.9 Å². The van der Waals surface area contributed by atoms with Gasteiger partial charge in [-0.1, -0.05) is 65.7 Å². The number of nitrogens with zero attached hydrogens (tertiary/aromatic N) is 3. The summed E-state index contributed by atoms with van der Waals surface area (Å²) >= 11 is 1.97. The number of hydrogen-bond acceptors (Lipinski definition) is 9. The van der Waals surface area contributed by atoms with E-state index in [-0.39, 0.29) is 35.8 Å². The van der Waals surface area contributed by atoms with Crippen LogP contribution in [-0.2, 0) is 25.6 Å². The van der Waals surface area contributed by atoms with E-state index in [1.165, 1.54) is 0 Å². The Morgan fingerprint density at radius 1 is 0.867 bits per heavy atom. The number of rotatable bonds is 8. The average Bonchev–Trinajstić information content (AvgIpc) is 3.04. The summed E-state index contributed by atoms with van der Waals surface area (Å²) in [6.07, 6.45) is 5.77. The lowest BCUT2D eigenvalue weighted by Crippen LogP contribution is -2.29. The van der Waals surface area contributed by atoms with Gasteiger partial charge in [0.05, 0.1) is 19.8 Å². The Kier molecular flexibility index (Phi) is 12.0. The summed E-state index contributed by atoms with van der Waals surface area (Å²) in [6.45, 7) is 8.88. The molecule has 45 heavy (non-hydrogen) atoms. The fourth-order valence-electron chi connectivity index (χ4n) is 4.96. The highest BCUT2D eigenvalue weighted by molar-refractivity contribution is 7.99. The van der Waals surface area contributed by atoms with E-state index in [1.54, 1.807) is 30.8 Å². The molecule has 1 aromatic heterocycles. The van der Waals surface area contributed by atoms with E-state index < -0.39 is 11.9 Å². The monoisotopic (exact) mass is 629 g/mol. The van der Waals surface area contributed by atoms with E-state index in [9.17, 15) is 19.2 Å². The summed E-state index contributed by atoms with van der Waals surface area (Å²) in [5.41, 5.74) is 4.22. The molecule has 0 aliphatic carbocycles. The molecule has 2 aromatic carbocycles. The Hall–Kier alpha value is -4.31. The number of aryl methyl sites for hydroxylation is 2. The normalized spacial score (nSPS) is 14.9.